The summed E-state index contributed by atoms with van der Waals surface area (Å²) >= 11 is 11.9. The normalized spacial score (nSPS) is 10.4. The van der Waals surface area contributed by atoms with Gasteiger partial charge in [-0.1, -0.05) is 35.3 Å². The van der Waals surface area contributed by atoms with E-state index in [0.29, 0.717) is 23.3 Å². The summed E-state index contributed by atoms with van der Waals surface area (Å²) in [6.07, 6.45) is 2.38. The summed E-state index contributed by atoms with van der Waals surface area (Å²) in [5.41, 5.74) is 2.03. The van der Waals surface area contributed by atoms with Crippen molar-refractivity contribution < 1.29 is 0 Å². The highest BCUT2D eigenvalue weighted by molar-refractivity contribution is 6.30. The van der Waals surface area contributed by atoms with E-state index in [1.54, 1.807) is 6.20 Å². The van der Waals surface area contributed by atoms with Crippen LogP contribution in [-0.4, -0.2) is 21.7 Å². The fraction of sp³-hybridized carbons (Fsp3) is 0.118. The number of nitrogens with one attached hydrogen (secondary N) is 2. The van der Waals surface area contributed by atoms with Gasteiger partial charge in [0, 0.05) is 22.3 Å². The van der Waals surface area contributed by atoms with Crippen molar-refractivity contribution in [3.63, 3.8) is 0 Å². The van der Waals surface area contributed by atoms with E-state index in [4.69, 9.17) is 23.2 Å². The van der Waals surface area contributed by atoms with Gasteiger partial charge in [-0.2, -0.15) is 10.1 Å². The highest BCUT2D eigenvalue weighted by atomic mass is 35.5. The molecule has 0 fully saturated rings. The molecule has 122 valence electrons. The highest BCUT2D eigenvalue weighted by Gasteiger charge is 2.02. The van der Waals surface area contributed by atoms with Crippen molar-refractivity contribution in [2.45, 2.75) is 6.42 Å². The minimum Gasteiger partial charge on any atom is -0.353 e. The number of anilines is 3. The molecule has 0 saturated carbocycles. The largest absolute Gasteiger partial charge is 0.353 e. The number of hydrogen-bond acceptors (Lipinski definition) is 5. The smallest absolute Gasteiger partial charge is 0.244 e. The molecule has 5 nitrogen and oxygen atoms in total. The van der Waals surface area contributed by atoms with Gasteiger partial charge in [-0.25, -0.2) is 0 Å². The molecule has 1 heterocycles. The van der Waals surface area contributed by atoms with E-state index < -0.39 is 0 Å². The zero-order valence-electron chi connectivity index (χ0n) is 12.7. The molecular formula is C17H15Cl2N5. The average molecular weight is 360 g/mol. The number of rotatable bonds is 6. The van der Waals surface area contributed by atoms with Crippen molar-refractivity contribution in [1.82, 2.24) is 15.2 Å². The Kier molecular flexibility index (Phi) is 5.46. The van der Waals surface area contributed by atoms with Crippen molar-refractivity contribution in [1.29, 1.82) is 0 Å². The predicted molar refractivity (Wildman–Crippen MR) is 98.2 cm³/mol. The van der Waals surface area contributed by atoms with Crippen LogP contribution < -0.4 is 10.6 Å². The van der Waals surface area contributed by atoms with Gasteiger partial charge in [-0.3, -0.25) is 0 Å². The summed E-state index contributed by atoms with van der Waals surface area (Å²) in [4.78, 5) is 4.38. The zero-order chi connectivity index (χ0) is 16.8. The number of nitrogens with zero attached hydrogens (tertiary/aromatic N) is 3. The molecule has 2 N–H and O–H groups in total. The van der Waals surface area contributed by atoms with Crippen LogP contribution in [-0.2, 0) is 6.42 Å². The Bertz CT molecular complexity index is 808. The quantitative estimate of drug-likeness (QED) is 0.674. The van der Waals surface area contributed by atoms with E-state index >= 15 is 0 Å². The van der Waals surface area contributed by atoms with Gasteiger partial charge < -0.3 is 10.6 Å². The van der Waals surface area contributed by atoms with Crippen molar-refractivity contribution >= 4 is 40.7 Å². The lowest BCUT2D eigenvalue weighted by molar-refractivity contribution is 0.929. The maximum absolute atomic E-state index is 5.98. The van der Waals surface area contributed by atoms with Crippen molar-refractivity contribution in [2.24, 2.45) is 0 Å². The van der Waals surface area contributed by atoms with E-state index in [1.165, 1.54) is 0 Å². The van der Waals surface area contributed by atoms with Crippen LogP contribution in [0.25, 0.3) is 0 Å². The van der Waals surface area contributed by atoms with Crippen LogP contribution >= 0.6 is 23.2 Å². The average Bonchev–Trinajstić information content (AvgIpc) is 2.58. The molecule has 1 aromatic heterocycles. The molecule has 2 aromatic carbocycles. The fourth-order valence-corrected chi connectivity index (χ4v) is 2.47. The third-order valence-electron chi connectivity index (χ3n) is 3.26. The lowest BCUT2D eigenvalue weighted by Gasteiger charge is -2.08. The zero-order valence-corrected chi connectivity index (χ0v) is 14.2. The van der Waals surface area contributed by atoms with E-state index in [9.17, 15) is 0 Å². The summed E-state index contributed by atoms with van der Waals surface area (Å²) in [7, 11) is 0. The van der Waals surface area contributed by atoms with Crippen molar-refractivity contribution in [3.8, 4) is 0 Å². The first kappa shape index (κ1) is 16.5. The molecule has 0 aliphatic heterocycles. The van der Waals surface area contributed by atoms with Gasteiger partial charge in [0.2, 0.25) is 5.95 Å². The molecule has 24 heavy (non-hydrogen) atoms. The van der Waals surface area contributed by atoms with Crippen LogP contribution in [0, 0.1) is 0 Å². The van der Waals surface area contributed by atoms with Gasteiger partial charge >= 0.3 is 0 Å². The molecule has 0 atom stereocenters. The fourth-order valence-electron chi connectivity index (χ4n) is 2.13. The Morgan fingerprint density at radius 1 is 0.958 bits per heavy atom. The molecule has 0 saturated heterocycles. The number of aromatic nitrogens is 3. The van der Waals surface area contributed by atoms with E-state index in [1.807, 2.05) is 48.5 Å². The predicted octanol–water partition coefficient (Wildman–Crippen LogP) is 4.58. The molecule has 0 spiro atoms. The van der Waals surface area contributed by atoms with Crippen LogP contribution in [0.5, 0.6) is 0 Å². The van der Waals surface area contributed by atoms with E-state index in [0.717, 1.165) is 22.7 Å². The first-order valence-electron chi connectivity index (χ1n) is 7.40. The Labute approximate surface area is 150 Å². The molecule has 0 radical (unpaired) electrons. The molecule has 0 bridgehead atoms. The Hall–Kier alpha value is -2.37. The van der Waals surface area contributed by atoms with Crippen LogP contribution in [0.4, 0.5) is 17.5 Å². The van der Waals surface area contributed by atoms with Gasteiger partial charge in [0.15, 0.2) is 5.82 Å². The lowest BCUT2D eigenvalue weighted by atomic mass is 10.1. The van der Waals surface area contributed by atoms with Crippen molar-refractivity contribution in [2.75, 3.05) is 17.2 Å². The van der Waals surface area contributed by atoms with Gasteiger partial charge in [0.1, 0.15) is 0 Å². The molecule has 0 unspecified atom stereocenters. The number of hydrogen-bond donors (Lipinski definition) is 2. The second kappa shape index (κ2) is 7.95. The summed E-state index contributed by atoms with van der Waals surface area (Å²) < 4.78 is 0. The first-order chi connectivity index (χ1) is 11.7. The molecular weight excluding hydrogens is 345 g/mol. The third-order valence-corrected chi connectivity index (χ3v) is 3.75. The van der Waals surface area contributed by atoms with Crippen LogP contribution in [0.15, 0.2) is 54.7 Å². The van der Waals surface area contributed by atoms with Crippen LogP contribution in [0.2, 0.25) is 10.0 Å². The highest BCUT2D eigenvalue weighted by Crippen LogP contribution is 2.17. The molecule has 3 rings (SSSR count). The van der Waals surface area contributed by atoms with Gasteiger partial charge in [-0.15, -0.1) is 5.10 Å². The summed E-state index contributed by atoms with van der Waals surface area (Å²) in [5.74, 6) is 1.08. The minimum atomic E-state index is 0.469. The summed E-state index contributed by atoms with van der Waals surface area (Å²) in [6, 6.07) is 15.1. The molecule has 0 amide bonds. The number of halogens is 2. The summed E-state index contributed by atoms with van der Waals surface area (Å²) in [5, 5.41) is 15.7. The maximum atomic E-state index is 5.98. The summed E-state index contributed by atoms with van der Waals surface area (Å²) in [6.45, 7) is 0.687. The maximum Gasteiger partial charge on any atom is 0.244 e. The van der Waals surface area contributed by atoms with Gasteiger partial charge in [0.25, 0.3) is 0 Å². The standard InChI is InChI=1S/C17H15Cl2N5/c18-13-4-6-15(7-5-13)22-16-11-21-24-17(23-16)20-9-8-12-2-1-3-14(19)10-12/h1-7,10-11H,8-9H2,(H2,20,22,23,24). The monoisotopic (exact) mass is 359 g/mol. The van der Waals surface area contributed by atoms with E-state index in [-0.39, 0.29) is 0 Å². The minimum absolute atomic E-state index is 0.469. The SMILES string of the molecule is Clc1ccc(Nc2cnnc(NCCc3cccc(Cl)c3)n2)cc1. The number of benzene rings is 2. The Balaban J connectivity index is 1.57. The third kappa shape index (κ3) is 4.81. The topological polar surface area (TPSA) is 62.7 Å². The molecule has 3 aromatic rings. The Morgan fingerprint density at radius 3 is 2.58 bits per heavy atom. The van der Waals surface area contributed by atoms with Crippen molar-refractivity contribution in [3.05, 3.63) is 70.3 Å². The van der Waals surface area contributed by atoms with Gasteiger partial charge in [-0.05, 0) is 48.4 Å². The second-order valence-corrected chi connectivity index (χ2v) is 5.98. The lowest BCUT2D eigenvalue weighted by Crippen LogP contribution is -2.09. The second-order valence-electron chi connectivity index (χ2n) is 5.10. The van der Waals surface area contributed by atoms with Crippen LogP contribution in [0.3, 0.4) is 0 Å². The molecule has 0 aliphatic rings. The van der Waals surface area contributed by atoms with Crippen LogP contribution in [0.1, 0.15) is 5.56 Å². The van der Waals surface area contributed by atoms with E-state index in [2.05, 4.69) is 25.8 Å². The molecule has 7 heteroatoms. The Morgan fingerprint density at radius 2 is 1.79 bits per heavy atom. The van der Waals surface area contributed by atoms with Gasteiger partial charge in [0.05, 0.1) is 6.20 Å². The first-order valence-corrected chi connectivity index (χ1v) is 8.15. The molecule has 0 aliphatic carbocycles.